The number of rotatable bonds is 2. The van der Waals surface area contributed by atoms with Crippen LogP contribution in [-0.2, 0) is 0 Å². The summed E-state index contributed by atoms with van der Waals surface area (Å²) < 4.78 is 13.2. The lowest BCUT2D eigenvalue weighted by molar-refractivity contribution is 0.423. The van der Waals surface area contributed by atoms with E-state index < -0.39 is 12.9 Å². The van der Waals surface area contributed by atoms with Crippen LogP contribution < -0.4 is 15.7 Å². The van der Waals surface area contributed by atoms with Crippen molar-refractivity contribution in [2.75, 3.05) is 31.1 Å². The average Bonchev–Trinajstić information content (AvgIpc) is 2.30. The summed E-state index contributed by atoms with van der Waals surface area (Å²) >= 11 is 0. The molecule has 0 unspecified atom stereocenters. The van der Waals surface area contributed by atoms with E-state index in [1.54, 1.807) is 6.07 Å². The lowest BCUT2D eigenvalue weighted by Crippen LogP contribution is -2.44. The molecule has 2 rings (SSSR count). The first-order chi connectivity index (χ1) is 7.68. The molecule has 0 aromatic heterocycles. The van der Waals surface area contributed by atoms with Gasteiger partial charge < -0.3 is 20.3 Å². The van der Waals surface area contributed by atoms with Crippen molar-refractivity contribution in [3.8, 4) is 0 Å². The van der Waals surface area contributed by atoms with Gasteiger partial charge in [-0.25, -0.2) is 4.39 Å². The number of nitrogens with one attached hydrogen (secondary N) is 1. The summed E-state index contributed by atoms with van der Waals surface area (Å²) in [4.78, 5) is 2.09. The highest BCUT2D eigenvalue weighted by atomic mass is 19.1. The standard InChI is InChI=1S/C10H14BFN2O2/c12-10-2-1-8(7-9(10)11(15)16)14-5-3-13-4-6-14/h1-2,7,13,15-16H,3-6H2. The van der Waals surface area contributed by atoms with Gasteiger partial charge in [-0.1, -0.05) is 0 Å². The van der Waals surface area contributed by atoms with Crippen molar-refractivity contribution in [2.45, 2.75) is 0 Å². The fraction of sp³-hybridized carbons (Fsp3) is 0.400. The number of nitrogens with zero attached hydrogens (tertiary/aromatic N) is 1. The van der Waals surface area contributed by atoms with Crippen LogP contribution >= 0.6 is 0 Å². The molecule has 1 fully saturated rings. The highest BCUT2D eigenvalue weighted by Crippen LogP contribution is 2.14. The molecule has 4 nitrogen and oxygen atoms in total. The van der Waals surface area contributed by atoms with E-state index in [1.807, 2.05) is 0 Å². The normalized spacial score (nSPS) is 16.3. The molecule has 0 aliphatic carbocycles. The highest BCUT2D eigenvalue weighted by molar-refractivity contribution is 6.58. The van der Waals surface area contributed by atoms with Gasteiger partial charge in [-0.05, 0) is 18.2 Å². The first kappa shape index (κ1) is 11.4. The van der Waals surface area contributed by atoms with Crippen molar-refractivity contribution < 1.29 is 14.4 Å². The Kier molecular flexibility index (Phi) is 3.43. The molecule has 3 N–H and O–H groups in total. The van der Waals surface area contributed by atoms with E-state index in [0.29, 0.717) is 0 Å². The van der Waals surface area contributed by atoms with Gasteiger partial charge in [0.15, 0.2) is 0 Å². The number of hydrogen-bond acceptors (Lipinski definition) is 4. The zero-order valence-corrected chi connectivity index (χ0v) is 8.86. The molecular formula is C10H14BFN2O2. The number of piperazine rings is 1. The first-order valence-electron chi connectivity index (χ1n) is 5.30. The van der Waals surface area contributed by atoms with Crippen LogP contribution in [0.4, 0.5) is 10.1 Å². The predicted molar refractivity (Wildman–Crippen MR) is 61.3 cm³/mol. The van der Waals surface area contributed by atoms with Gasteiger partial charge in [-0.15, -0.1) is 0 Å². The van der Waals surface area contributed by atoms with Crippen molar-refractivity contribution >= 4 is 18.3 Å². The summed E-state index contributed by atoms with van der Waals surface area (Å²) in [5, 5.41) is 21.2. The Bertz CT molecular complexity index is 370. The molecule has 6 heteroatoms. The van der Waals surface area contributed by atoms with Gasteiger partial charge in [0.2, 0.25) is 0 Å². The molecule has 1 aromatic rings. The van der Waals surface area contributed by atoms with Crippen LogP contribution in [0.3, 0.4) is 0 Å². The van der Waals surface area contributed by atoms with Crippen LogP contribution in [0.5, 0.6) is 0 Å². The van der Waals surface area contributed by atoms with E-state index in [4.69, 9.17) is 10.0 Å². The maximum atomic E-state index is 13.2. The molecule has 0 radical (unpaired) electrons. The summed E-state index contributed by atoms with van der Waals surface area (Å²) in [6.07, 6.45) is 0. The second-order valence-corrected chi connectivity index (χ2v) is 3.82. The molecule has 0 atom stereocenters. The zero-order valence-electron chi connectivity index (χ0n) is 8.86. The molecule has 1 saturated heterocycles. The lowest BCUT2D eigenvalue weighted by Gasteiger charge is -2.29. The summed E-state index contributed by atoms with van der Waals surface area (Å²) in [6, 6.07) is 4.42. The Labute approximate surface area is 93.8 Å². The quantitative estimate of drug-likeness (QED) is 0.559. The Morgan fingerprint density at radius 3 is 2.56 bits per heavy atom. The van der Waals surface area contributed by atoms with Gasteiger partial charge >= 0.3 is 7.12 Å². The average molecular weight is 224 g/mol. The summed E-state index contributed by atoms with van der Waals surface area (Å²) in [6.45, 7) is 3.45. The van der Waals surface area contributed by atoms with E-state index in [2.05, 4.69) is 10.2 Å². The van der Waals surface area contributed by atoms with Gasteiger partial charge in [0.25, 0.3) is 0 Å². The van der Waals surface area contributed by atoms with Gasteiger partial charge in [0, 0.05) is 37.3 Å². The molecule has 16 heavy (non-hydrogen) atoms. The number of halogens is 1. The van der Waals surface area contributed by atoms with Crippen LogP contribution in [0.25, 0.3) is 0 Å². The molecule has 86 valence electrons. The number of benzene rings is 1. The molecule has 1 aliphatic rings. The molecule has 1 aromatic carbocycles. The molecular weight excluding hydrogens is 210 g/mol. The lowest BCUT2D eigenvalue weighted by atomic mass is 9.79. The molecule has 1 aliphatic heterocycles. The zero-order chi connectivity index (χ0) is 11.5. The van der Waals surface area contributed by atoms with E-state index in [9.17, 15) is 4.39 Å². The molecule has 0 spiro atoms. The fourth-order valence-corrected chi connectivity index (χ4v) is 1.85. The second kappa shape index (κ2) is 4.82. The summed E-state index contributed by atoms with van der Waals surface area (Å²) in [7, 11) is -1.76. The minimum atomic E-state index is -1.76. The van der Waals surface area contributed by atoms with Gasteiger partial charge in [0.05, 0.1) is 0 Å². The van der Waals surface area contributed by atoms with Crippen molar-refractivity contribution in [2.24, 2.45) is 0 Å². The molecule has 0 saturated carbocycles. The SMILES string of the molecule is OB(O)c1cc(N2CCNCC2)ccc1F. The fourth-order valence-electron chi connectivity index (χ4n) is 1.85. The minimum absolute atomic E-state index is 0.0731. The van der Waals surface area contributed by atoms with E-state index >= 15 is 0 Å². The van der Waals surface area contributed by atoms with Crippen LogP contribution in [0.2, 0.25) is 0 Å². The molecule has 0 amide bonds. The predicted octanol–water partition coefficient (Wildman–Crippen LogP) is -1.08. The Hall–Kier alpha value is -1.11. The smallest absolute Gasteiger partial charge is 0.423 e. The van der Waals surface area contributed by atoms with Gasteiger partial charge in [-0.3, -0.25) is 0 Å². The molecule has 0 bridgehead atoms. The monoisotopic (exact) mass is 224 g/mol. The Morgan fingerprint density at radius 2 is 1.94 bits per heavy atom. The third kappa shape index (κ3) is 2.34. The molecule has 1 heterocycles. The third-order valence-corrected chi connectivity index (χ3v) is 2.74. The van der Waals surface area contributed by atoms with Crippen LogP contribution in [0, 0.1) is 5.82 Å². The maximum absolute atomic E-state index is 13.2. The minimum Gasteiger partial charge on any atom is -0.423 e. The highest BCUT2D eigenvalue weighted by Gasteiger charge is 2.19. The van der Waals surface area contributed by atoms with E-state index in [0.717, 1.165) is 31.9 Å². The van der Waals surface area contributed by atoms with E-state index in [-0.39, 0.29) is 5.46 Å². The van der Waals surface area contributed by atoms with Gasteiger partial charge in [-0.2, -0.15) is 0 Å². The first-order valence-corrected chi connectivity index (χ1v) is 5.30. The second-order valence-electron chi connectivity index (χ2n) is 3.82. The third-order valence-electron chi connectivity index (χ3n) is 2.74. The van der Waals surface area contributed by atoms with Crippen LogP contribution in [0.1, 0.15) is 0 Å². The summed E-state index contributed by atoms with van der Waals surface area (Å²) in [5.41, 5.74) is 0.752. The summed E-state index contributed by atoms with van der Waals surface area (Å²) in [5.74, 6) is -0.589. The largest absolute Gasteiger partial charge is 0.491 e. The Balaban J connectivity index is 2.24. The van der Waals surface area contributed by atoms with Gasteiger partial charge in [0.1, 0.15) is 5.82 Å². The number of anilines is 1. The van der Waals surface area contributed by atoms with Crippen LogP contribution in [-0.4, -0.2) is 43.3 Å². The van der Waals surface area contributed by atoms with Crippen molar-refractivity contribution in [3.63, 3.8) is 0 Å². The topological polar surface area (TPSA) is 55.7 Å². The van der Waals surface area contributed by atoms with Crippen molar-refractivity contribution in [1.29, 1.82) is 0 Å². The number of hydrogen-bond donors (Lipinski definition) is 3. The maximum Gasteiger partial charge on any atom is 0.491 e. The van der Waals surface area contributed by atoms with Crippen LogP contribution in [0.15, 0.2) is 18.2 Å². The van der Waals surface area contributed by atoms with Crippen molar-refractivity contribution in [3.05, 3.63) is 24.0 Å². The van der Waals surface area contributed by atoms with Crippen molar-refractivity contribution in [1.82, 2.24) is 5.32 Å². The Morgan fingerprint density at radius 1 is 1.25 bits per heavy atom. The van der Waals surface area contributed by atoms with E-state index in [1.165, 1.54) is 12.1 Å².